The van der Waals surface area contributed by atoms with E-state index >= 15 is 0 Å². The molecule has 0 atom stereocenters. The maximum Gasteiger partial charge on any atom is 0.132 e. The van der Waals surface area contributed by atoms with Crippen molar-refractivity contribution in [1.29, 1.82) is 5.26 Å². The summed E-state index contributed by atoms with van der Waals surface area (Å²) < 4.78 is 1.88. The van der Waals surface area contributed by atoms with E-state index in [-0.39, 0.29) is 5.78 Å². The van der Waals surface area contributed by atoms with Crippen LogP contribution >= 0.6 is 0 Å². The average Bonchev–Trinajstić information content (AvgIpc) is 2.65. The fraction of sp³-hybridized carbons (Fsp3) is 0.455. The van der Waals surface area contributed by atoms with Crippen molar-refractivity contribution in [1.82, 2.24) is 4.57 Å². The molecule has 0 aliphatic heterocycles. The predicted octanol–water partition coefficient (Wildman–Crippen LogP) is 2.12. The first-order valence-corrected chi connectivity index (χ1v) is 4.85. The number of ketones is 1. The molecule has 0 fully saturated rings. The molecule has 0 saturated carbocycles. The Morgan fingerprint density at radius 1 is 1.64 bits per heavy atom. The molecule has 0 unspecified atom stereocenters. The standard InChI is InChI=1S/C11H14N2O/c1-2-11(14)6-4-8-13-7-3-5-10(13)9-12/h3,5,7H,2,4,6,8H2,1H3. The molecule has 14 heavy (non-hydrogen) atoms. The number of carbonyl (C=O) groups is 1. The van der Waals surface area contributed by atoms with E-state index in [0.717, 1.165) is 13.0 Å². The van der Waals surface area contributed by atoms with Crippen molar-refractivity contribution in [3.8, 4) is 6.07 Å². The van der Waals surface area contributed by atoms with E-state index in [0.29, 0.717) is 18.5 Å². The van der Waals surface area contributed by atoms with Gasteiger partial charge in [-0.3, -0.25) is 4.79 Å². The van der Waals surface area contributed by atoms with Crippen molar-refractivity contribution in [2.45, 2.75) is 32.7 Å². The minimum Gasteiger partial charge on any atom is -0.339 e. The largest absolute Gasteiger partial charge is 0.339 e. The molecule has 74 valence electrons. The van der Waals surface area contributed by atoms with Crippen LogP contribution in [0.15, 0.2) is 18.3 Å². The van der Waals surface area contributed by atoms with E-state index in [9.17, 15) is 4.79 Å². The van der Waals surface area contributed by atoms with Crippen molar-refractivity contribution >= 4 is 5.78 Å². The van der Waals surface area contributed by atoms with Gasteiger partial charge in [0, 0.05) is 25.6 Å². The number of hydrogen-bond acceptors (Lipinski definition) is 2. The second-order valence-corrected chi connectivity index (χ2v) is 3.19. The normalized spacial score (nSPS) is 9.71. The van der Waals surface area contributed by atoms with Gasteiger partial charge in [0.05, 0.1) is 0 Å². The van der Waals surface area contributed by atoms with Crippen molar-refractivity contribution < 1.29 is 4.79 Å². The van der Waals surface area contributed by atoms with Crippen LogP contribution in [-0.2, 0) is 11.3 Å². The van der Waals surface area contributed by atoms with Crippen LogP contribution in [0.2, 0.25) is 0 Å². The summed E-state index contributed by atoms with van der Waals surface area (Å²) in [6.07, 6.45) is 3.90. The Hall–Kier alpha value is -1.56. The quantitative estimate of drug-likeness (QED) is 0.713. The lowest BCUT2D eigenvalue weighted by atomic mass is 10.2. The van der Waals surface area contributed by atoms with Crippen molar-refractivity contribution in [2.24, 2.45) is 0 Å². The Balaban J connectivity index is 2.39. The van der Waals surface area contributed by atoms with E-state index in [1.54, 1.807) is 6.07 Å². The zero-order valence-corrected chi connectivity index (χ0v) is 8.36. The van der Waals surface area contributed by atoms with Gasteiger partial charge in [-0.05, 0) is 18.6 Å². The number of hydrogen-bond donors (Lipinski definition) is 0. The van der Waals surface area contributed by atoms with Gasteiger partial charge in [0.25, 0.3) is 0 Å². The highest BCUT2D eigenvalue weighted by atomic mass is 16.1. The van der Waals surface area contributed by atoms with Crippen LogP contribution in [0.4, 0.5) is 0 Å². The second-order valence-electron chi connectivity index (χ2n) is 3.19. The molecule has 0 amide bonds. The molecule has 0 bridgehead atoms. The third-order valence-electron chi connectivity index (χ3n) is 2.19. The molecule has 0 radical (unpaired) electrons. The first kappa shape index (κ1) is 10.5. The van der Waals surface area contributed by atoms with Crippen LogP contribution in [-0.4, -0.2) is 10.4 Å². The van der Waals surface area contributed by atoms with Gasteiger partial charge in [0.2, 0.25) is 0 Å². The molecular weight excluding hydrogens is 176 g/mol. The highest BCUT2D eigenvalue weighted by molar-refractivity contribution is 5.77. The van der Waals surface area contributed by atoms with E-state index in [1.807, 2.05) is 23.8 Å². The molecule has 0 aliphatic rings. The summed E-state index contributed by atoms with van der Waals surface area (Å²) in [7, 11) is 0. The number of rotatable bonds is 5. The van der Waals surface area contributed by atoms with Crippen LogP contribution in [0.25, 0.3) is 0 Å². The molecule has 1 heterocycles. The third kappa shape index (κ3) is 2.74. The van der Waals surface area contributed by atoms with Crippen LogP contribution in [0.1, 0.15) is 31.9 Å². The van der Waals surface area contributed by atoms with Gasteiger partial charge < -0.3 is 4.57 Å². The number of Topliss-reactive ketones (excluding diaryl/α,β-unsaturated/α-hetero) is 1. The summed E-state index contributed by atoms with van der Waals surface area (Å²) in [6.45, 7) is 2.63. The highest BCUT2D eigenvalue weighted by Gasteiger charge is 2.01. The topological polar surface area (TPSA) is 45.8 Å². The summed E-state index contributed by atoms with van der Waals surface area (Å²) >= 11 is 0. The fourth-order valence-corrected chi connectivity index (χ4v) is 1.33. The Morgan fingerprint density at radius 2 is 2.43 bits per heavy atom. The summed E-state index contributed by atoms with van der Waals surface area (Å²) in [4.78, 5) is 11.0. The first-order valence-electron chi connectivity index (χ1n) is 4.85. The van der Waals surface area contributed by atoms with Crippen LogP contribution in [0, 0.1) is 11.3 Å². The summed E-state index contributed by atoms with van der Waals surface area (Å²) in [5.74, 6) is 0.288. The summed E-state index contributed by atoms with van der Waals surface area (Å²) in [5, 5.41) is 8.72. The van der Waals surface area contributed by atoms with Gasteiger partial charge in [0.1, 0.15) is 17.5 Å². The maximum absolute atomic E-state index is 11.0. The zero-order valence-electron chi connectivity index (χ0n) is 8.36. The number of aryl methyl sites for hydroxylation is 1. The van der Waals surface area contributed by atoms with Crippen LogP contribution in [0.5, 0.6) is 0 Å². The number of aromatic nitrogens is 1. The van der Waals surface area contributed by atoms with E-state index in [2.05, 4.69) is 6.07 Å². The van der Waals surface area contributed by atoms with Crippen molar-refractivity contribution in [3.05, 3.63) is 24.0 Å². The Bertz CT molecular complexity index is 346. The molecule has 0 spiro atoms. The lowest BCUT2D eigenvalue weighted by molar-refractivity contribution is -0.118. The lowest BCUT2D eigenvalue weighted by Gasteiger charge is -2.03. The molecule has 0 N–H and O–H groups in total. The summed E-state index contributed by atoms with van der Waals surface area (Å²) in [5.41, 5.74) is 0.661. The predicted molar refractivity (Wildman–Crippen MR) is 53.7 cm³/mol. The molecule has 3 heteroatoms. The molecular formula is C11H14N2O. The van der Waals surface area contributed by atoms with Crippen LogP contribution in [0.3, 0.4) is 0 Å². The number of nitrogens with zero attached hydrogens (tertiary/aromatic N) is 2. The minimum atomic E-state index is 0.288. The molecule has 0 aliphatic carbocycles. The first-order chi connectivity index (χ1) is 6.77. The SMILES string of the molecule is CCC(=O)CCCn1cccc1C#N. The molecule has 1 aromatic heterocycles. The van der Waals surface area contributed by atoms with Gasteiger partial charge in [0.15, 0.2) is 0 Å². The van der Waals surface area contributed by atoms with Gasteiger partial charge in [-0.25, -0.2) is 0 Å². The van der Waals surface area contributed by atoms with E-state index in [1.165, 1.54) is 0 Å². The maximum atomic E-state index is 11.0. The molecule has 1 rings (SSSR count). The molecule has 3 nitrogen and oxygen atoms in total. The second kappa shape index (κ2) is 5.23. The van der Waals surface area contributed by atoms with Gasteiger partial charge in [-0.1, -0.05) is 6.92 Å². The van der Waals surface area contributed by atoms with Crippen LogP contribution < -0.4 is 0 Å². The number of nitriles is 1. The fourth-order valence-electron chi connectivity index (χ4n) is 1.33. The monoisotopic (exact) mass is 190 g/mol. The highest BCUT2D eigenvalue weighted by Crippen LogP contribution is 2.04. The minimum absolute atomic E-state index is 0.288. The Morgan fingerprint density at radius 3 is 3.07 bits per heavy atom. The molecule has 0 saturated heterocycles. The molecule has 1 aromatic rings. The van der Waals surface area contributed by atoms with Crippen molar-refractivity contribution in [3.63, 3.8) is 0 Å². The lowest BCUT2D eigenvalue weighted by Crippen LogP contribution is -2.02. The van der Waals surface area contributed by atoms with E-state index < -0.39 is 0 Å². The van der Waals surface area contributed by atoms with E-state index in [4.69, 9.17) is 5.26 Å². The third-order valence-corrected chi connectivity index (χ3v) is 2.19. The Labute approximate surface area is 84.0 Å². The van der Waals surface area contributed by atoms with Crippen molar-refractivity contribution in [2.75, 3.05) is 0 Å². The smallest absolute Gasteiger partial charge is 0.132 e. The van der Waals surface area contributed by atoms with Gasteiger partial charge in [-0.15, -0.1) is 0 Å². The van der Waals surface area contributed by atoms with Gasteiger partial charge in [-0.2, -0.15) is 5.26 Å². The molecule has 0 aromatic carbocycles. The van der Waals surface area contributed by atoms with Gasteiger partial charge >= 0.3 is 0 Å². The summed E-state index contributed by atoms with van der Waals surface area (Å²) in [6, 6.07) is 5.73. The number of carbonyl (C=O) groups excluding carboxylic acids is 1. The average molecular weight is 190 g/mol. The zero-order chi connectivity index (χ0) is 10.4. The Kier molecular flexibility index (Phi) is 3.93.